The zero-order chi connectivity index (χ0) is 12.6. The Bertz CT molecular complexity index is 229. The normalized spacial score (nSPS) is 15.7. The lowest BCUT2D eigenvalue weighted by Crippen LogP contribution is -2.29. The Balaban J connectivity index is 4.49. The van der Waals surface area contributed by atoms with Crippen molar-refractivity contribution in [3.63, 3.8) is 0 Å². The zero-order valence-corrected chi connectivity index (χ0v) is 10.8. The van der Waals surface area contributed by atoms with E-state index in [9.17, 15) is 9.90 Å². The third kappa shape index (κ3) is 4.79. The van der Waals surface area contributed by atoms with Crippen molar-refractivity contribution in [1.29, 1.82) is 0 Å². The van der Waals surface area contributed by atoms with E-state index >= 15 is 0 Å². The fourth-order valence-corrected chi connectivity index (χ4v) is 1.53. The van der Waals surface area contributed by atoms with E-state index in [-0.39, 0.29) is 24.6 Å². The van der Waals surface area contributed by atoms with Gasteiger partial charge in [0.05, 0.1) is 0 Å². The molecule has 0 saturated heterocycles. The van der Waals surface area contributed by atoms with Gasteiger partial charge in [0.1, 0.15) is 6.10 Å². The molecule has 0 aliphatic carbocycles. The van der Waals surface area contributed by atoms with Crippen LogP contribution in [0.1, 0.15) is 47.0 Å². The Morgan fingerprint density at radius 3 is 2.44 bits per heavy atom. The van der Waals surface area contributed by atoms with Gasteiger partial charge in [-0.15, -0.1) is 0 Å². The van der Waals surface area contributed by atoms with Gasteiger partial charge in [-0.05, 0) is 26.7 Å². The summed E-state index contributed by atoms with van der Waals surface area (Å²) < 4.78 is 5.42. The minimum absolute atomic E-state index is 0.0496. The smallest absolute Gasteiger partial charge is 0.333 e. The molecule has 0 spiro atoms. The van der Waals surface area contributed by atoms with Gasteiger partial charge in [-0.3, -0.25) is 0 Å². The quantitative estimate of drug-likeness (QED) is 0.538. The molecule has 0 fully saturated rings. The van der Waals surface area contributed by atoms with Gasteiger partial charge in [-0.25, -0.2) is 4.79 Å². The first-order valence-corrected chi connectivity index (χ1v) is 6.05. The van der Waals surface area contributed by atoms with Gasteiger partial charge >= 0.3 is 5.97 Å². The SMILES string of the molecule is CC=C(C)C(=O)OC(CCC)C(CC)CO. The van der Waals surface area contributed by atoms with Crippen LogP contribution in [0.25, 0.3) is 0 Å². The maximum Gasteiger partial charge on any atom is 0.333 e. The average Bonchev–Trinajstić information content (AvgIpc) is 2.29. The first-order valence-electron chi connectivity index (χ1n) is 6.05. The fourth-order valence-electron chi connectivity index (χ4n) is 1.53. The van der Waals surface area contributed by atoms with Gasteiger partial charge in [0, 0.05) is 18.1 Å². The molecular weight excluding hydrogens is 204 g/mol. The summed E-state index contributed by atoms with van der Waals surface area (Å²) in [4.78, 5) is 11.6. The molecular formula is C13H24O3. The van der Waals surface area contributed by atoms with Crippen LogP contribution in [-0.4, -0.2) is 23.8 Å². The zero-order valence-electron chi connectivity index (χ0n) is 10.8. The number of carbonyl (C=O) groups excluding carboxylic acids is 1. The number of hydrogen-bond acceptors (Lipinski definition) is 3. The number of rotatable bonds is 7. The van der Waals surface area contributed by atoms with Crippen LogP contribution >= 0.6 is 0 Å². The van der Waals surface area contributed by atoms with Crippen molar-refractivity contribution >= 4 is 5.97 Å². The largest absolute Gasteiger partial charge is 0.459 e. The molecule has 0 bridgehead atoms. The van der Waals surface area contributed by atoms with Gasteiger partial charge < -0.3 is 9.84 Å². The van der Waals surface area contributed by atoms with Crippen LogP contribution in [0.15, 0.2) is 11.6 Å². The molecule has 0 aromatic carbocycles. The maximum absolute atomic E-state index is 11.6. The van der Waals surface area contributed by atoms with Crippen LogP contribution in [0.5, 0.6) is 0 Å². The highest BCUT2D eigenvalue weighted by molar-refractivity contribution is 5.87. The number of aliphatic hydroxyl groups is 1. The molecule has 0 aliphatic heterocycles. The van der Waals surface area contributed by atoms with Crippen molar-refractivity contribution in [3.05, 3.63) is 11.6 Å². The summed E-state index contributed by atoms with van der Waals surface area (Å²) in [5, 5.41) is 9.23. The van der Waals surface area contributed by atoms with E-state index in [1.165, 1.54) is 0 Å². The summed E-state index contributed by atoms with van der Waals surface area (Å²) in [5.74, 6) is -0.221. The number of allylic oxidation sites excluding steroid dienone is 1. The van der Waals surface area contributed by atoms with Crippen molar-refractivity contribution in [1.82, 2.24) is 0 Å². The van der Waals surface area contributed by atoms with Gasteiger partial charge in [-0.2, -0.15) is 0 Å². The number of esters is 1. The molecule has 0 aliphatic rings. The van der Waals surface area contributed by atoms with Crippen LogP contribution in [-0.2, 0) is 9.53 Å². The van der Waals surface area contributed by atoms with Gasteiger partial charge in [0.15, 0.2) is 0 Å². The number of carbonyl (C=O) groups is 1. The van der Waals surface area contributed by atoms with E-state index in [2.05, 4.69) is 0 Å². The highest BCUT2D eigenvalue weighted by Gasteiger charge is 2.22. The molecule has 3 heteroatoms. The summed E-state index contributed by atoms with van der Waals surface area (Å²) in [5.41, 5.74) is 0.619. The van der Waals surface area contributed by atoms with Crippen LogP contribution < -0.4 is 0 Å². The molecule has 0 aromatic rings. The summed E-state index contributed by atoms with van der Waals surface area (Å²) >= 11 is 0. The Morgan fingerprint density at radius 1 is 1.44 bits per heavy atom. The molecule has 2 atom stereocenters. The van der Waals surface area contributed by atoms with Gasteiger partial charge in [-0.1, -0.05) is 26.3 Å². The molecule has 0 aromatic heterocycles. The minimum Gasteiger partial charge on any atom is -0.459 e. The molecule has 0 heterocycles. The van der Waals surface area contributed by atoms with Crippen LogP contribution in [0, 0.1) is 5.92 Å². The van der Waals surface area contributed by atoms with E-state index in [1.807, 2.05) is 20.8 Å². The highest BCUT2D eigenvalue weighted by Crippen LogP contribution is 2.18. The lowest BCUT2D eigenvalue weighted by molar-refractivity contribution is -0.148. The predicted octanol–water partition coefficient (Wildman–Crippen LogP) is 2.68. The van der Waals surface area contributed by atoms with E-state index in [0.717, 1.165) is 19.3 Å². The lowest BCUT2D eigenvalue weighted by atomic mass is 9.96. The number of aliphatic hydroxyl groups excluding tert-OH is 1. The lowest BCUT2D eigenvalue weighted by Gasteiger charge is -2.24. The summed E-state index contributed by atoms with van der Waals surface area (Å²) in [6, 6.07) is 0. The van der Waals surface area contributed by atoms with Crippen LogP contribution in [0.2, 0.25) is 0 Å². The first kappa shape index (κ1) is 15.2. The summed E-state index contributed by atoms with van der Waals surface area (Å²) in [6.45, 7) is 7.68. The topological polar surface area (TPSA) is 46.5 Å². The summed E-state index contributed by atoms with van der Waals surface area (Å²) in [6.07, 6.45) is 4.15. The second-order valence-corrected chi connectivity index (χ2v) is 4.06. The fraction of sp³-hybridized carbons (Fsp3) is 0.769. The molecule has 0 amide bonds. The number of ether oxygens (including phenoxy) is 1. The van der Waals surface area contributed by atoms with E-state index in [0.29, 0.717) is 5.57 Å². The van der Waals surface area contributed by atoms with Crippen molar-refractivity contribution in [2.75, 3.05) is 6.61 Å². The van der Waals surface area contributed by atoms with E-state index < -0.39 is 0 Å². The molecule has 2 unspecified atom stereocenters. The predicted molar refractivity (Wildman–Crippen MR) is 65.1 cm³/mol. The number of hydrogen-bond donors (Lipinski definition) is 1. The van der Waals surface area contributed by atoms with Crippen molar-refractivity contribution < 1.29 is 14.6 Å². The maximum atomic E-state index is 11.6. The second-order valence-electron chi connectivity index (χ2n) is 4.06. The monoisotopic (exact) mass is 228 g/mol. The Morgan fingerprint density at radius 2 is 2.06 bits per heavy atom. The van der Waals surface area contributed by atoms with Crippen molar-refractivity contribution in [2.24, 2.45) is 5.92 Å². The Labute approximate surface area is 98.5 Å². The molecule has 1 N–H and O–H groups in total. The first-order chi connectivity index (χ1) is 7.60. The molecule has 0 rings (SSSR count). The molecule has 94 valence electrons. The molecule has 0 radical (unpaired) electrons. The molecule has 3 nitrogen and oxygen atoms in total. The van der Waals surface area contributed by atoms with Crippen molar-refractivity contribution in [2.45, 2.75) is 53.1 Å². The average molecular weight is 228 g/mol. The van der Waals surface area contributed by atoms with E-state index in [1.54, 1.807) is 13.0 Å². The third-order valence-corrected chi connectivity index (χ3v) is 2.87. The molecule has 16 heavy (non-hydrogen) atoms. The Hall–Kier alpha value is -0.830. The second kappa shape index (κ2) is 8.34. The van der Waals surface area contributed by atoms with Crippen LogP contribution in [0.3, 0.4) is 0 Å². The Kier molecular flexibility index (Phi) is 7.90. The third-order valence-electron chi connectivity index (χ3n) is 2.87. The van der Waals surface area contributed by atoms with E-state index in [4.69, 9.17) is 4.74 Å². The highest BCUT2D eigenvalue weighted by atomic mass is 16.5. The molecule has 0 saturated carbocycles. The van der Waals surface area contributed by atoms with Crippen molar-refractivity contribution in [3.8, 4) is 0 Å². The minimum atomic E-state index is -0.271. The summed E-state index contributed by atoms with van der Waals surface area (Å²) in [7, 11) is 0. The van der Waals surface area contributed by atoms with Gasteiger partial charge in [0.2, 0.25) is 0 Å². The van der Waals surface area contributed by atoms with Gasteiger partial charge in [0.25, 0.3) is 0 Å². The van der Waals surface area contributed by atoms with Crippen LogP contribution in [0.4, 0.5) is 0 Å². The standard InChI is InChI=1S/C13H24O3/c1-5-8-12(11(7-3)9-14)16-13(15)10(4)6-2/h6,11-12,14H,5,7-9H2,1-4H3.